The Morgan fingerprint density at radius 2 is 2.21 bits per heavy atom. The second-order valence-corrected chi connectivity index (χ2v) is 3.10. The second kappa shape index (κ2) is 4.11. The number of carbonyl (C=O) groups is 1. The zero-order chi connectivity index (χ0) is 10.7. The third kappa shape index (κ3) is 2.03. The van der Waals surface area contributed by atoms with Crippen LogP contribution in [0.25, 0.3) is 0 Å². The van der Waals surface area contributed by atoms with Crippen LogP contribution in [0.3, 0.4) is 0 Å². The summed E-state index contributed by atoms with van der Waals surface area (Å²) in [6, 6.07) is 4.22. The van der Waals surface area contributed by atoms with Gasteiger partial charge in [0, 0.05) is 6.04 Å². The van der Waals surface area contributed by atoms with Gasteiger partial charge in [0.05, 0.1) is 0 Å². The van der Waals surface area contributed by atoms with Crippen molar-refractivity contribution in [1.29, 1.82) is 0 Å². The normalized spacial score (nSPS) is 12.4. The highest BCUT2D eigenvalue weighted by Crippen LogP contribution is 2.23. The number of carboxylic acid groups (broad SMARTS) is 1. The number of nitrogens with two attached hydrogens (primary N) is 1. The minimum atomic E-state index is -1.14. The van der Waals surface area contributed by atoms with Crippen LogP contribution < -0.4 is 5.73 Å². The van der Waals surface area contributed by atoms with Crippen LogP contribution in [0.15, 0.2) is 18.2 Å². The molecule has 4 heteroatoms. The number of aromatic carboxylic acids is 1. The molecule has 0 amide bonds. The van der Waals surface area contributed by atoms with Crippen LogP contribution >= 0.6 is 0 Å². The van der Waals surface area contributed by atoms with Crippen molar-refractivity contribution in [3.05, 3.63) is 29.3 Å². The Balaban J connectivity index is 3.06. The van der Waals surface area contributed by atoms with E-state index in [1.807, 2.05) is 6.92 Å². The van der Waals surface area contributed by atoms with Crippen molar-refractivity contribution in [1.82, 2.24) is 0 Å². The van der Waals surface area contributed by atoms with Crippen LogP contribution in [-0.4, -0.2) is 16.2 Å². The Bertz CT molecular complexity index is 349. The lowest BCUT2D eigenvalue weighted by Crippen LogP contribution is -2.09. The van der Waals surface area contributed by atoms with E-state index in [1.54, 1.807) is 6.07 Å². The lowest BCUT2D eigenvalue weighted by Gasteiger charge is -2.10. The third-order valence-corrected chi connectivity index (χ3v) is 2.12. The molecular formula is C10H13NO3. The Hall–Kier alpha value is -1.55. The second-order valence-electron chi connectivity index (χ2n) is 3.10. The molecule has 14 heavy (non-hydrogen) atoms. The first-order valence-corrected chi connectivity index (χ1v) is 4.38. The molecule has 0 heterocycles. The van der Waals surface area contributed by atoms with Gasteiger partial charge in [0.25, 0.3) is 0 Å². The predicted octanol–water partition coefficient (Wildman–Crippen LogP) is 1.50. The zero-order valence-corrected chi connectivity index (χ0v) is 7.90. The van der Waals surface area contributed by atoms with Gasteiger partial charge in [-0.25, -0.2) is 4.79 Å². The van der Waals surface area contributed by atoms with Gasteiger partial charge in [-0.3, -0.25) is 0 Å². The number of benzene rings is 1. The van der Waals surface area contributed by atoms with E-state index in [0.29, 0.717) is 0 Å². The molecule has 76 valence electrons. The average molecular weight is 195 g/mol. The molecule has 4 nitrogen and oxygen atoms in total. The SMILES string of the molecule is CCC(N)c1ccc(C(=O)O)c(O)c1. The quantitative estimate of drug-likeness (QED) is 0.682. The molecule has 0 aliphatic heterocycles. The highest BCUT2D eigenvalue weighted by molar-refractivity contribution is 5.90. The maximum Gasteiger partial charge on any atom is 0.339 e. The first-order chi connectivity index (χ1) is 6.56. The topological polar surface area (TPSA) is 83.6 Å². The van der Waals surface area contributed by atoms with Gasteiger partial charge in [-0.1, -0.05) is 13.0 Å². The van der Waals surface area contributed by atoms with E-state index in [2.05, 4.69) is 0 Å². The first kappa shape index (κ1) is 10.5. The van der Waals surface area contributed by atoms with Gasteiger partial charge in [0.15, 0.2) is 0 Å². The lowest BCUT2D eigenvalue weighted by atomic mass is 10.0. The Morgan fingerprint density at radius 3 is 2.64 bits per heavy atom. The fraction of sp³-hybridized carbons (Fsp3) is 0.300. The molecule has 0 aliphatic rings. The summed E-state index contributed by atoms with van der Waals surface area (Å²) < 4.78 is 0. The van der Waals surface area contributed by atoms with E-state index >= 15 is 0 Å². The van der Waals surface area contributed by atoms with Crippen molar-refractivity contribution in [2.75, 3.05) is 0 Å². The van der Waals surface area contributed by atoms with Gasteiger partial charge in [-0.05, 0) is 24.1 Å². The monoisotopic (exact) mass is 195 g/mol. The summed E-state index contributed by atoms with van der Waals surface area (Å²) >= 11 is 0. The summed E-state index contributed by atoms with van der Waals surface area (Å²) in [7, 11) is 0. The number of rotatable bonds is 3. The molecule has 0 radical (unpaired) electrons. The van der Waals surface area contributed by atoms with Crippen LogP contribution in [0, 0.1) is 0 Å². The molecule has 0 fully saturated rings. The van der Waals surface area contributed by atoms with E-state index in [4.69, 9.17) is 10.8 Å². The van der Waals surface area contributed by atoms with Gasteiger partial charge in [-0.15, -0.1) is 0 Å². The Kier molecular flexibility index (Phi) is 3.09. The van der Waals surface area contributed by atoms with Gasteiger partial charge < -0.3 is 15.9 Å². The van der Waals surface area contributed by atoms with Gasteiger partial charge >= 0.3 is 5.97 Å². The Labute approximate surface area is 82.0 Å². The Morgan fingerprint density at radius 1 is 1.57 bits per heavy atom. The lowest BCUT2D eigenvalue weighted by molar-refractivity contribution is 0.0693. The molecule has 1 atom stereocenters. The molecule has 0 saturated heterocycles. The van der Waals surface area contributed by atoms with Crippen molar-refractivity contribution in [3.63, 3.8) is 0 Å². The van der Waals surface area contributed by atoms with Gasteiger partial charge in [0.2, 0.25) is 0 Å². The summed E-state index contributed by atoms with van der Waals surface area (Å²) in [4.78, 5) is 10.6. The van der Waals surface area contributed by atoms with Crippen molar-refractivity contribution in [2.45, 2.75) is 19.4 Å². The van der Waals surface area contributed by atoms with E-state index in [9.17, 15) is 9.90 Å². The highest BCUT2D eigenvalue weighted by atomic mass is 16.4. The van der Waals surface area contributed by atoms with E-state index in [0.717, 1.165) is 12.0 Å². The van der Waals surface area contributed by atoms with Crippen molar-refractivity contribution in [3.8, 4) is 5.75 Å². The molecule has 0 aromatic heterocycles. The van der Waals surface area contributed by atoms with E-state index < -0.39 is 5.97 Å². The summed E-state index contributed by atoms with van der Waals surface area (Å²) in [5.74, 6) is -1.38. The molecular weight excluding hydrogens is 182 g/mol. The zero-order valence-electron chi connectivity index (χ0n) is 7.90. The molecule has 0 bridgehead atoms. The van der Waals surface area contributed by atoms with Crippen LogP contribution in [0.5, 0.6) is 5.75 Å². The molecule has 1 aromatic rings. The largest absolute Gasteiger partial charge is 0.507 e. The molecule has 1 aromatic carbocycles. The van der Waals surface area contributed by atoms with Crippen molar-refractivity contribution >= 4 is 5.97 Å². The first-order valence-electron chi connectivity index (χ1n) is 4.38. The molecule has 1 rings (SSSR count). The van der Waals surface area contributed by atoms with Crippen LogP contribution in [0.4, 0.5) is 0 Å². The highest BCUT2D eigenvalue weighted by Gasteiger charge is 2.11. The van der Waals surface area contributed by atoms with Gasteiger partial charge in [0.1, 0.15) is 11.3 Å². The van der Waals surface area contributed by atoms with Gasteiger partial charge in [-0.2, -0.15) is 0 Å². The number of phenols is 1. The molecule has 0 spiro atoms. The number of carboxylic acids is 1. The summed E-state index contributed by atoms with van der Waals surface area (Å²) in [6.07, 6.45) is 0.742. The summed E-state index contributed by atoms with van der Waals surface area (Å²) in [5.41, 5.74) is 6.38. The van der Waals surface area contributed by atoms with E-state index in [-0.39, 0.29) is 17.4 Å². The molecule has 1 unspecified atom stereocenters. The molecule has 0 saturated carbocycles. The number of aromatic hydroxyl groups is 1. The predicted molar refractivity (Wildman–Crippen MR) is 52.3 cm³/mol. The third-order valence-electron chi connectivity index (χ3n) is 2.12. The average Bonchev–Trinajstić information content (AvgIpc) is 2.15. The number of hydrogen-bond donors (Lipinski definition) is 3. The fourth-order valence-corrected chi connectivity index (χ4v) is 1.20. The smallest absolute Gasteiger partial charge is 0.339 e. The van der Waals surface area contributed by atoms with Crippen LogP contribution in [0.1, 0.15) is 35.3 Å². The minimum absolute atomic E-state index is 0.1000. The summed E-state index contributed by atoms with van der Waals surface area (Å²) in [6.45, 7) is 1.92. The van der Waals surface area contributed by atoms with Crippen molar-refractivity contribution in [2.24, 2.45) is 5.73 Å². The van der Waals surface area contributed by atoms with Crippen LogP contribution in [-0.2, 0) is 0 Å². The fourth-order valence-electron chi connectivity index (χ4n) is 1.20. The molecule has 4 N–H and O–H groups in total. The minimum Gasteiger partial charge on any atom is -0.507 e. The summed E-state index contributed by atoms with van der Waals surface area (Å²) in [5, 5.41) is 18.0. The maximum atomic E-state index is 10.6. The van der Waals surface area contributed by atoms with Crippen molar-refractivity contribution < 1.29 is 15.0 Å². The number of hydrogen-bond acceptors (Lipinski definition) is 3. The molecule has 0 aliphatic carbocycles. The van der Waals surface area contributed by atoms with E-state index in [1.165, 1.54) is 12.1 Å². The standard InChI is InChI=1S/C10H13NO3/c1-2-8(11)6-3-4-7(10(13)14)9(12)5-6/h3-5,8,12H,2,11H2,1H3,(H,13,14). The maximum absolute atomic E-state index is 10.6. The van der Waals surface area contributed by atoms with Crippen LogP contribution in [0.2, 0.25) is 0 Å².